The van der Waals surface area contributed by atoms with Gasteiger partial charge in [0, 0.05) is 13.1 Å². The van der Waals surface area contributed by atoms with Crippen molar-refractivity contribution in [3.8, 4) is 5.75 Å². The molecule has 0 bridgehead atoms. The third kappa shape index (κ3) is 5.52. The first-order chi connectivity index (χ1) is 9.41. The van der Waals surface area contributed by atoms with Gasteiger partial charge >= 0.3 is 0 Å². The van der Waals surface area contributed by atoms with Crippen LogP contribution in [0.4, 0.5) is 0 Å². The number of hydrogen-bond donors (Lipinski definition) is 4. The van der Waals surface area contributed by atoms with Crippen LogP contribution in [0.25, 0.3) is 0 Å². The standard InChI is InChI=1S/C12H16Cl2N2O4/c13-8-2-1-3-9(14)11(8)20-6-7(17)4-16-5-10(18)12(15)19/h1-3,7,10,16-18H,4-6H2,(H2,15,19). The molecule has 0 saturated heterocycles. The second-order valence-electron chi connectivity index (χ2n) is 4.09. The number of aliphatic hydroxyl groups is 2. The average Bonchev–Trinajstić information content (AvgIpc) is 2.37. The Bertz CT molecular complexity index is 439. The van der Waals surface area contributed by atoms with Crippen molar-refractivity contribution >= 4 is 29.1 Å². The lowest BCUT2D eigenvalue weighted by Crippen LogP contribution is -2.41. The normalized spacial score (nSPS) is 13.8. The third-order valence-corrected chi connectivity index (χ3v) is 2.98. The molecule has 0 aliphatic carbocycles. The van der Waals surface area contributed by atoms with E-state index in [1.54, 1.807) is 18.2 Å². The molecule has 1 amide bonds. The summed E-state index contributed by atoms with van der Waals surface area (Å²) in [4.78, 5) is 10.6. The molecule has 0 heterocycles. The van der Waals surface area contributed by atoms with Crippen molar-refractivity contribution in [3.05, 3.63) is 28.2 Å². The first-order valence-corrected chi connectivity index (χ1v) is 6.60. The monoisotopic (exact) mass is 322 g/mol. The Morgan fingerprint density at radius 3 is 2.45 bits per heavy atom. The van der Waals surface area contributed by atoms with Crippen LogP contribution >= 0.6 is 23.2 Å². The summed E-state index contributed by atoms with van der Waals surface area (Å²) in [6.45, 7) is 0.0365. The van der Waals surface area contributed by atoms with Gasteiger partial charge in [-0.15, -0.1) is 0 Å². The highest BCUT2D eigenvalue weighted by molar-refractivity contribution is 6.37. The Morgan fingerprint density at radius 1 is 1.30 bits per heavy atom. The van der Waals surface area contributed by atoms with E-state index >= 15 is 0 Å². The molecule has 1 aromatic rings. The molecule has 0 saturated carbocycles. The molecule has 0 radical (unpaired) electrons. The Balaban J connectivity index is 2.33. The van der Waals surface area contributed by atoms with Crippen molar-refractivity contribution in [3.63, 3.8) is 0 Å². The second kappa shape index (κ2) is 8.28. The fourth-order valence-corrected chi connectivity index (χ4v) is 1.85. The lowest BCUT2D eigenvalue weighted by Gasteiger charge is -2.15. The van der Waals surface area contributed by atoms with E-state index in [2.05, 4.69) is 5.32 Å². The molecule has 6 nitrogen and oxygen atoms in total. The van der Waals surface area contributed by atoms with Crippen molar-refractivity contribution in [1.29, 1.82) is 0 Å². The maximum atomic E-state index is 10.6. The van der Waals surface area contributed by atoms with Crippen LogP contribution in [0.15, 0.2) is 18.2 Å². The Hall–Kier alpha value is -1.05. The highest BCUT2D eigenvalue weighted by Gasteiger charge is 2.13. The summed E-state index contributed by atoms with van der Waals surface area (Å²) in [6.07, 6.45) is -2.15. The molecule has 112 valence electrons. The van der Waals surface area contributed by atoms with E-state index < -0.39 is 18.1 Å². The van der Waals surface area contributed by atoms with Crippen LogP contribution < -0.4 is 15.8 Å². The van der Waals surface area contributed by atoms with Gasteiger partial charge in [-0.1, -0.05) is 29.3 Å². The van der Waals surface area contributed by atoms with Gasteiger partial charge in [-0.2, -0.15) is 0 Å². The molecule has 1 rings (SSSR count). The van der Waals surface area contributed by atoms with Gasteiger partial charge in [-0.05, 0) is 12.1 Å². The van der Waals surface area contributed by atoms with Crippen molar-refractivity contribution in [1.82, 2.24) is 5.32 Å². The number of benzene rings is 1. The number of primary amides is 1. The largest absolute Gasteiger partial charge is 0.488 e. The quantitative estimate of drug-likeness (QED) is 0.546. The lowest BCUT2D eigenvalue weighted by molar-refractivity contribution is -0.125. The molecule has 20 heavy (non-hydrogen) atoms. The van der Waals surface area contributed by atoms with E-state index in [-0.39, 0.29) is 19.7 Å². The summed E-state index contributed by atoms with van der Waals surface area (Å²) in [5.74, 6) is -0.529. The number of aliphatic hydroxyl groups excluding tert-OH is 2. The van der Waals surface area contributed by atoms with Crippen LogP contribution in [0, 0.1) is 0 Å². The Morgan fingerprint density at radius 2 is 1.90 bits per heavy atom. The Labute approximate surface area is 126 Å². The van der Waals surface area contributed by atoms with Crippen LogP contribution in [-0.2, 0) is 4.79 Å². The minimum Gasteiger partial charge on any atom is -0.488 e. The highest BCUT2D eigenvalue weighted by Crippen LogP contribution is 2.32. The number of hydrogen-bond acceptors (Lipinski definition) is 5. The maximum Gasteiger partial charge on any atom is 0.247 e. The molecule has 0 aliphatic rings. The van der Waals surface area contributed by atoms with Crippen molar-refractivity contribution in [2.75, 3.05) is 19.7 Å². The van der Waals surface area contributed by atoms with Gasteiger partial charge in [0.2, 0.25) is 5.91 Å². The highest BCUT2D eigenvalue weighted by atomic mass is 35.5. The number of rotatable bonds is 8. The molecule has 2 atom stereocenters. The zero-order valence-electron chi connectivity index (χ0n) is 10.6. The molecule has 1 aromatic carbocycles. The van der Waals surface area contributed by atoms with Gasteiger partial charge in [-0.25, -0.2) is 0 Å². The molecule has 0 fully saturated rings. The van der Waals surface area contributed by atoms with Gasteiger partial charge < -0.3 is 26.0 Å². The van der Waals surface area contributed by atoms with Gasteiger partial charge in [0.1, 0.15) is 18.8 Å². The van der Waals surface area contributed by atoms with Crippen molar-refractivity contribution in [2.24, 2.45) is 5.73 Å². The van der Waals surface area contributed by atoms with Gasteiger partial charge in [0.15, 0.2) is 5.75 Å². The van der Waals surface area contributed by atoms with Crippen LogP contribution in [0.3, 0.4) is 0 Å². The van der Waals surface area contributed by atoms with Crippen molar-refractivity contribution < 1.29 is 19.7 Å². The zero-order chi connectivity index (χ0) is 15.1. The Kier molecular flexibility index (Phi) is 7.04. The van der Waals surface area contributed by atoms with Gasteiger partial charge in [0.25, 0.3) is 0 Å². The predicted molar refractivity (Wildman–Crippen MR) is 76.0 cm³/mol. The summed E-state index contributed by atoms with van der Waals surface area (Å²) < 4.78 is 5.33. The molecule has 8 heteroatoms. The summed E-state index contributed by atoms with van der Waals surface area (Å²) in [6, 6.07) is 4.92. The van der Waals surface area contributed by atoms with Crippen LogP contribution in [-0.4, -0.2) is 48.0 Å². The summed E-state index contributed by atoms with van der Waals surface area (Å²) in [5.41, 5.74) is 4.88. The molecule has 5 N–H and O–H groups in total. The fourth-order valence-electron chi connectivity index (χ4n) is 1.35. The molecule has 0 aromatic heterocycles. The number of carbonyl (C=O) groups excluding carboxylic acids is 1. The predicted octanol–water partition coefficient (Wildman–Crippen LogP) is 0.169. The topological polar surface area (TPSA) is 105 Å². The van der Waals surface area contributed by atoms with E-state index in [1.807, 2.05) is 0 Å². The number of ether oxygens (including phenoxy) is 1. The van der Waals surface area contributed by atoms with E-state index in [1.165, 1.54) is 0 Å². The van der Waals surface area contributed by atoms with E-state index in [0.29, 0.717) is 15.8 Å². The lowest BCUT2D eigenvalue weighted by atomic mass is 10.3. The average molecular weight is 323 g/mol. The number of carbonyl (C=O) groups is 1. The van der Waals surface area contributed by atoms with E-state index in [0.717, 1.165) is 0 Å². The van der Waals surface area contributed by atoms with E-state index in [9.17, 15) is 9.90 Å². The summed E-state index contributed by atoms with van der Waals surface area (Å²) >= 11 is 11.8. The molecular weight excluding hydrogens is 307 g/mol. The first-order valence-electron chi connectivity index (χ1n) is 5.84. The second-order valence-corrected chi connectivity index (χ2v) is 4.91. The fraction of sp³-hybridized carbons (Fsp3) is 0.417. The summed E-state index contributed by atoms with van der Waals surface area (Å²) in [7, 11) is 0. The number of halogens is 2. The number of nitrogens with one attached hydrogen (secondary N) is 1. The smallest absolute Gasteiger partial charge is 0.247 e. The number of amides is 1. The minimum atomic E-state index is -1.29. The van der Waals surface area contributed by atoms with Crippen LogP contribution in [0.2, 0.25) is 10.0 Å². The SMILES string of the molecule is NC(=O)C(O)CNCC(O)COc1c(Cl)cccc1Cl. The van der Waals surface area contributed by atoms with Crippen molar-refractivity contribution in [2.45, 2.75) is 12.2 Å². The summed E-state index contributed by atoms with van der Waals surface area (Å²) in [5, 5.41) is 22.2. The molecular formula is C12H16Cl2N2O4. The number of para-hydroxylation sites is 1. The third-order valence-electron chi connectivity index (χ3n) is 2.39. The molecule has 0 aliphatic heterocycles. The molecule has 2 unspecified atom stereocenters. The maximum absolute atomic E-state index is 10.6. The van der Waals surface area contributed by atoms with E-state index in [4.69, 9.17) is 38.8 Å². The van der Waals surface area contributed by atoms with Gasteiger partial charge in [-0.3, -0.25) is 4.79 Å². The first kappa shape index (κ1) is 17.0. The zero-order valence-corrected chi connectivity index (χ0v) is 12.1. The number of nitrogens with two attached hydrogens (primary N) is 1. The van der Waals surface area contributed by atoms with Crippen LogP contribution in [0.1, 0.15) is 0 Å². The minimum absolute atomic E-state index is 0.0386. The molecule has 0 spiro atoms. The van der Waals surface area contributed by atoms with Crippen LogP contribution in [0.5, 0.6) is 5.75 Å². The van der Waals surface area contributed by atoms with Gasteiger partial charge in [0.05, 0.1) is 10.0 Å².